The van der Waals surface area contributed by atoms with Crippen LogP contribution in [0.3, 0.4) is 0 Å². The molecule has 0 aliphatic carbocycles. The van der Waals surface area contributed by atoms with E-state index >= 15 is 0 Å². The molecule has 2 rings (SSSR count). The van der Waals surface area contributed by atoms with E-state index in [9.17, 15) is 0 Å². The largest absolute Gasteiger partial charge is 0.192 e. The number of halogens is 1. The molecule has 0 radical (unpaired) electrons. The van der Waals surface area contributed by atoms with E-state index in [1.165, 1.54) is 11.3 Å². The molecule has 4 heteroatoms. The van der Waals surface area contributed by atoms with Gasteiger partial charge in [0.05, 0.1) is 0 Å². The number of thiol groups is 1. The number of fused-ring (bicyclic) bond motifs is 1. The van der Waals surface area contributed by atoms with E-state index in [-0.39, 0.29) is 0 Å². The minimum atomic E-state index is 0.756. The summed E-state index contributed by atoms with van der Waals surface area (Å²) in [5.74, 6) is 0. The molecule has 0 aliphatic rings. The fourth-order valence-corrected chi connectivity index (χ4v) is 3.62. The highest BCUT2D eigenvalue weighted by Crippen LogP contribution is 2.31. The van der Waals surface area contributed by atoms with Crippen molar-refractivity contribution in [3.63, 3.8) is 0 Å². The summed E-state index contributed by atoms with van der Waals surface area (Å²) in [5.41, 5.74) is 0. The van der Waals surface area contributed by atoms with Gasteiger partial charge in [0.15, 0.2) is 0 Å². The third-order valence-corrected chi connectivity index (χ3v) is 3.82. The van der Waals surface area contributed by atoms with E-state index in [0.29, 0.717) is 0 Å². The normalized spacial score (nSPS) is 10.2. The van der Waals surface area contributed by atoms with Gasteiger partial charge in [-0.1, -0.05) is 0 Å². The number of hydrogen-bond acceptors (Lipinski definition) is 3. The molecular formula is C9H4INS2. The molecule has 0 bridgehead atoms. The zero-order valence-corrected chi connectivity index (χ0v) is 10.3. The predicted molar refractivity (Wildman–Crippen MR) is 66.5 cm³/mol. The molecule has 0 unspecified atom stereocenters. The van der Waals surface area contributed by atoms with Crippen LogP contribution in [-0.2, 0) is 0 Å². The van der Waals surface area contributed by atoms with Crippen LogP contribution in [0.25, 0.3) is 10.1 Å². The van der Waals surface area contributed by atoms with Crippen LogP contribution in [0.2, 0.25) is 0 Å². The van der Waals surface area contributed by atoms with Crippen molar-refractivity contribution in [2.24, 2.45) is 0 Å². The Balaban J connectivity index is 2.84. The Labute approximate surface area is 98.9 Å². The summed E-state index contributed by atoms with van der Waals surface area (Å²) < 4.78 is 2.28. The second-order valence-electron chi connectivity index (χ2n) is 2.56. The molecule has 0 saturated carbocycles. The molecular weight excluding hydrogens is 313 g/mol. The minimum absolute atomic E-state index is 0.756. The number of nitriles is 1. The van der Waals surface area contributed by atoms with E-state index in [4.69, 9.17) is 5.26 Å². The first-order chi connectivity index (χ1) is 6.20. The van der Waals surface area contributed by atoms with Crippen LogP contribution < -0.4 is 0 Å². The van der Waals surface area contributed by atoms with E-state index in [2.05, 4.69) is 41.3 Å². The number of rotatable bonds is 0. The second-order valence-corrected chi connectivity index (χ2v) is 5.32. The van der Waals surface area contributed by atoms with Crippen molar-refractivity contribution in [3.8, 4) is 6.07 Å². The maximum atomic E-state index is 8.74. The smallest absolute Gasteiger partial charge is 0.110 e. The first-order valence-corrected chi connectivity index (χ1v) is 5.87. The molecule has 13 heavy (non-hydrogen) atoms. The van der Waals surface area contributed by atoms with Crippen LogP contribution in [0.5, 0.6) is 0 Å². The number of thiophene rings is 1. The molecule has 0 fully saturated rings. The van der Waals surface area contributed by atoms with Crippen LogP contribution in [0, 0.1) is 14.9 Å². The molecule has 2 aromatic rings. The molecule has 0 amide bonds. The molecule has 0 saturated heterocycles. The SMILES string of the molecule is N#Cc1cc2c(I)cc(S)cc2s1. The van der Waals surface area contributed by atoms with Gasteiger partial charge in [-0.15, -0.1) is 24.0 Å². The van der Waals surface area contributed by atoms with Crippen molar-refractivity contribution in [1.82, 2.24) is 0 Å². The second kappa shape index (κ2) is 3.48. The molecule has 1 nitrogen and oxygen atoms in total. The summed E-state index contributed by atoms with van der Waals surface area (Å²) in [5, 5.41) is 9.89. The Kier molecular flexibility index (Phi) is 2.49. The maximum absolute atomic E-state index is 8.74. The highest BCUT2D eigenvalue weighted by Gasteiger charge is 2.05. The Morgan fingerprint density at radius 2 is 2.15 bits per heavy atom. The van der Waals surface area contributed by atoms with Crippen LogP contribution in [0.15, 0.2) is 23.1 Å². The van der Waals surface area contributed by atoms with Gasteiger partial charge in [0.25, 0.3) is 0 Å². The van der Waals surface area contributed by atoms with E-state index in [1.807, 2.05) is 18.2 Å². The van der Waals surface area contributed by atoms with E-state index in [1.54, 1.807) is 0 Å². The zero-order valence-electron chi connectivity index (χ0n) is 6.41. The highest BCUT2D eigenvalue weighted by atomic mass is 127. The number of hydrogen-bond donors (Lipinski definition) is 1. The lowest BCUT2D eigenvalue weighted by molar-refractivity contribution is 1.51. The molecule has 1 aromatic carbocycles. The van der Waals surface area contributed by atoms with Gasteiger partial charge in [0.2, 0.25) is 0 Å². The lowest BCUT2D eigenvalue weighted by Gasteiger charge is -1.94. The third-order valence-electron chi connectivity index (χ3n) is 1.68. The van der Waals surface area contributed by atoms with Crippen molar-refractivity contribution in [1.29, 1.82) is 5.26 Å². The summed E-state index contributed by atoms with van der Waals surface area (Å²) in [6.07, 6.45) is 0. The van der Waals surface area contributed by atoms with Gasteiger partial charge in [-0.05, 0) is 40.8 Å². The maximum Gasteiger partial charge on any atom is 0.110 e. The average Bonchev–Trinajstić information content (AvgIpc) is 2.47. The van der Waals surface area contributed by atoms with E-state index < -0.39 is 0 Å². The van der Waals surface area contributed by atoms with Gasteiger partial charge in [0, 0.05) is 18.6 Å². The standard InChI is InChI=1S/C9H4INS2/c10-8-1-5(12)2-9-7(8)3-6(4-11)13-9/h1-3,12H. The lowest BCUT2D eigenvalue weighted by Crippen LogP contribution is -1.72. The summed E-state index contributed by atoms with van der Waals surface area (Å²) >= 11 is 8.06. The van der Waals surface area contributed by atoms with Gasteiger partial charge in [-0.3, -0.25) is 0 Å². The summed E-state index contributed by atoms with van der Waals surface area (Å²) in [7, 11) is 0. The zero-order chi connectivity index (χ0) is 9.42. The van der Waals surface area contributed by atoms with Gasteiger partial charge < -0.3 is 0 Å². The number of benzene rings is 1. The Hall–Kier alpha value is -0.250. The summed E-state index contributed by atoms with van der Waals surface area (Å²) in [6.45, 7) is 0. The van der Waals surface area contributed by atoms with Crippen molar-refractivity contribution in [2.75, 3.05) is 0 Å². The quantitative estimate of drug-likeness (QED) is 0.582. The Morgan fingerprint density at radius 1 is 1.38 bits per heavy atom. The van der Waals surface area contributed by atoms with Crippen LogP contribution in [0.1, 0.15) is 4.88 Å². The van der Waals surface area contributed by atoms with Gasteiger partial charge in [0.1, 0.15) is 10.9 Å². The first-order valence-electron chi connectivity index (χ1n) is 3.53. The number of nitrogens with zero attached hydrogens (tertiary/aromatic N) is 1. The fraction of sp³-hybridized carbons (Fsp3) is 0. The van der Waals surface area contributed by atoms with E-state index in [0.717, 1.165) is 23.4 Å². The fourth-order valence-electron chi connectivity index (χ4n) is 1.14. The van der Waals surface area contributed by atoms with Gasteiger partial charge >= 0.3 is 0 Å². The van der Waals surface area contributed by atoms with Crippen LogP contribution in [0.4, 0.5) is 0 Å². The van der Waals surface area contributed by atoms with Crippen LogP contribution in [-0.4, -0.2) is 0 Å². The van der Waals surface area contributed by atoms with Crippen molar-refractivity contribution >= 4 is 56.6 Å². The molecule has 1 aromatic heterocycles. The Bertz CT molecular complexity index is 510. The van der Waals surface area contributed by atoms with Gasteiger partial charge in [-0.25, -0.2) is 0 Å². The molecule has 0 N–H and O–H groups in total. The minimum Gasteiger partial charge on any atom is -0.192 e. The molecule has 64 valence electrons. The summed E-state index contributed by atoms with van der Waals surface area (Å²) in [6, 6.07) is 8.07. The lowest BCUT2D eigenvalue weighted by atomic mass is 10.2. The van der Waals surface area contributed by atoms with Crippen molar-refractivity contribution in [3.05, 3.63) is 26.6 Å². The predicted octanol–water partition coefficient (Wildman–Crippen LogP) is 3.67. The summed E-state index contributed by atoms with van der Waals surface area (Å²) in [4.78, 5) is 1.70. The highest BCUT2D eigenvalue weighted by molar-refractivity contribution is 14.1. The third kappa shape index (κ3) is 1.68. The van der Waals surface area contributed by atoms with Crippen molar-refractivity contribution < 1.29 is 0 Å². The Morgan fingerprint density at radius 3 is 2.85 bits per heavy atom. The molecule has 0 atom stereocenters. The van der Waals surface area contributed by atoms with Crippen molar-refractivity contribution in [2.45, 2.75) is 4.90 Å². The monoisotopic (exact) mass is 317 g/mol. The average molecular weight is 317 g/mol. The van der Waals surface area contributed by atoms with Crippen LogP contribution >= 0.6 is 46.6 Å². The first kappa shape index (κ1) is 9.31. The van der Waals surface area contributed by atoms with Gasteiger partial charge in [-0.2, -0.15) is 5.26 Å². The molecule has 0 spiro atoms. The topological polar surface area (TPSA) is 23.8 Å². The molecule has 1 heterocycles. The molecule has 0 aliphatic heterocycles.